The second-order valence-electron chi connectivity index (χ2n) is 10.9. The van der Waals surface area contributed by atoms with Crippen molar-refractivity contribution in [3.05, 3.63) is 71.8 Å². The number of carboxylic acid groups (broad SMARTS) is 1. The zero-order chi connectivity index (χ0) is 27.9. The molecule has 0 aliphatic carbocycles. The van der Waals surface area contributed by atoms with Gasteiger partial charge in [-0.3, -0.25) is 19.3 Å². The molecule has 0 radical (unpaired) electrons. The summed E-state index contributed by atoms with van der Waals surface area (Å²) in [5.41, 5.74) is 1.31. The van der Waals surface area contributed by atoms with E-state index in [2.05, 4.69) is 5.32 Å². The van der Waals surface area contributed by atoms with Crippen LogP contribution in [0.2, 0.25) is 0 Å². The van der Waals surface area contributed by atoms with Crippen LogP contribution in [0, 0.1) is 5.41 Å². The SMILES string of the molecule is CCCC[C@@H](C(=O)C(=O)N[C@H](C)c1ccccc1)N(C(=O)O)C1CC(C)(C)CN1C(=O)Cc1ccccc1. The first-order chi connectivity index (χ1) is 18.0. The number of likely N-dealkylation sites (tertiary alicyclic amines) is 1. The number of nitrogens with zero attached hydrogens (tertiary/aromatic N) is 2. The van der Waals surface area contributed by atoms with E-state index in [4.69, 9.17) is 0 Å². The van der Waals surface area contributed by atoms with Crippen LogP contribution in [0.4, 0.5) is 4.79 Å². The van der Waals surface area contributed by atoms with Crippen molar-refractivity contribution >= 4 is 23.7 Å². The molecule has 0 bridgehead atoms. The third kappa shape index (κ3) is 7.21. The molecule has 3 amide bonds. The Balaban J connectivity index is 1.88. The highest BCUT2D eigenvalue weighted by Crippen LogP contribution is 2.37. The zero-order valence-corrected chi connectivity index (χ0v) is 22.7. The van der Waals surface area contributed by atoms with Crippen molar-refractivity contribution in [2.75, 3.05) is 6.54 Å². The second-order valence-corrected chi connectivity index (χ2v) is 10.9. The van der Waals surface area contributed by atoms with Crippen molar-refractivity contribution in [1.82, 2.24) is 15.1 Å². The van der Waals surface area contributed by atoms with Gasteiger partial charge in [0, 0.05) is 6.54 Å². The van der Waals surface area contributed by atoms with Gasteiger partial charge in [0.2, 0.25) is 11.7 Å². The predicted molar refractivity (Wildman–Crippen MR) is 145 cm³/mol. The molecule has 3 atom stereocenters. The number of hydrogen-bond acceptors (Lipinski definition) is 4. The van der Waals surface area contributed by atoms with Gasteiger partial charge in [-0.25, -0.2) is 4.79 Å². The number of Topliss-reactive ketones (excluding diaryl/α,β-unsaturated/α-hetero) is 1. The maximum Gasteiger partial charge on any atom is 0.409 e. The van der Waals surface area contributed by atoms with Crippen LogP contribution in [0.15, 0.2) is 60.7 Å². The summed E-state index contributed by atoms with van der Waals surface area (Å²) in [5.74, 6) is -1.83. The van der Waals surface area contributed by atoms with E-state index in [1.165, 1.54) is 0 Å². The highest BCUT2D eigenvalue weighted by Gasteiger charge is 2.48. The molecule has 0 aromatic heterocycles. The number of ketones is 1. The van der Waals surface area contributed by atoms with Gasteiger partial charge >= 0.3 is 6.09 Å². The molecule has 204 valence electrons. The van der Waals surface area contributed by atoms with Crippen LogP contribution in [0.5, 0.6) is 0 Å². The van der Waals surface area contributed by atoms with E-state index in [1.54, 1.807) is 11.8 Å². The summed E-state index contributed by atoms with van der Waals surface area (Å²) in [5, 5.41) is 13.1. The molecule has 3 rings (SSSR count). The largest absolute Gasteiger partial charge is 0.465 e. The monoisotopic (exact) mass is 521 g/mol. The van der Waals surface area contributed by atoms with E-state index in [0.717, 1.165) is 22.4 Å². The fourth-order valence-corrected chi connectivity index (χ4v) is 5.12. The molecule has 38 heavy (non-hydrogen) atoms. The number of amides is 3. The number of rotatable bonds is 11. The second kappa shape index (κ2) is 12.7. The summed E-state index contributed by atoms with van der Waals surface area (Å²) >= 11 is 0. The summed E-state index contributed by atoms with van der Waals surface area (Å²) < 4.78 is 0. The van der Waals surface area contributed by atoms with Crippen molar-refractivity contribution in [2.24, 2.45) is 5.41 Å². The molecule has 1 aliphatic heterocycles. The molecule has 8 heteroatoms. The van der Waals surface area contributed by atoms with E-state index >= 15 is 0 Å². The Morgan fingerprint density at radius 2 is 1.66 bits per heavy atom. The summed E-state index contributed by atoms with van der Waals surface area (Å²) in [6.07, 6.45) is -0.164. The smallest absolute Gasteiger partial charge is 0.409 e. The number of carbonyl (C=O) groups excluding carboxylic acids is 3. The van der Waals surface area contributed by atoms with E-state index in [9.17, 15) is 24.3 Å². The van der Waals surface area contributed by atoms with Crippen LogP contribution in [0.1, 0.15) is 70.5 Å². The lowest BCUT2D eigenvalue weighted by Gasteiger charge is -2.38. The number of unbranched alkanes of at least 4 members (excludes halogenated alkanes) is 1. The first kappa shape index (κ1) is 28.9. The molecular formula is C30H39N3O5. The number of benzene rings is 2. The summed E-state index contributed by atoms with van der Waals surface area (Å²) in [6, 6.07) is 16.9. The Labute approximate surface area is 225 Å². The molecule has 2 N–H and O–H groups in total. The van der Waals surface area contributed by atoms with Crippen LogP contribution < -0.4 is 5.32 Å². The first-order valence-electron chi connectivity index (χ1n) is 13.3. The summed E-state index contributed by atoms with van der Waals surface area (Å²) in [6.45, 7) is 8.04. The highest BCUT2D eigenvalue weighted by molar-refractivity contribution is 6.38. The van der Waals surface area contributed by atoms with Crippen molar-refractivity contribution in [1.29, 1.82) is 0 Å². The third-order valence-corrected chi connectivity index (χ3v) is 7.09. The van der Waals surface area contributed by atoms with Gasteiger partial charge in [0.15, 0.2) is 0 Å². The standard InChI is InChI=1S/C30H39N3O5/c1-5-6-17-24(27(35)28(36)31-21(2)23-15-11-8-12-16-23)33(29(37)38)25-19-30(3,4)20-32(25)26(34)18-22-13-9-7-10-14-22/h7-16,21,24-25H,5-6,17-20H2,1-4H3,(H,31,36)(H,37,38)/t21-,24+,25?/m1/s1. The fourth-order valence-electron chi connectivity index (χ4n) is 5.12. The van der Waals surface area contributed by atoms with Crippen LogP contribution in [0.25, 0.3) is 0 Å². The van der Waals surface area contributed by atoms with Gasteiger partial charge in [-0.1, -0.05) is 94.3 Å². The van der Waals surface area contributed by atoms with Crippen LogP contribution >= 0.6 is 0 Å². The Hall–Kier alpha value is -3.68. The van der Waals surface area contributed by atoms with Crippen LogP contribution in [0.3, 0.4) is 0 Å². The fraction of sp³-hybridized carbons (Fsp3) is 0.467. The average molecular weight is 522 g/mol. The lowest BCUT2D eigenvalue weighted by atomic mass is 9.91. The molecular weight excluding hydrogens is 482 g/mol. The van der Waals surface area contributed by atoms with Gasteiger partial charge in [0.05, 0.1) is 12.5 Å². The molecule has 1 aliphatic rings. The maximum absolute atomic E-state index is 13.5. The van der Waals surface area contributed by atoms with E-state index in [0.29, 0.717) is 19.4 Å². The highest BCUT2D eigenvalue weighted by atomic mass is 16.4. The minimum atomic E-state index is -1.32. The number of carbonyl (C=O) groups is 4. The molecule has 2 aromatic carbocycles. The Kier molecular flexibility index (Phi) is 9.66. The van der Waals surface area contributed by atoms with Gasteiger partial charge < -0.3 is 15.3 Å². The van der Waals surface area contributed by atoms with E-state index in [1.807, 2.05) is 81.4 Å². The van der Waals surface area contributed by atoms with Crippen molar-refractivity contribution < 1.29 is 24.3 Å². The Morgan fingerprint density at radius 3 is 2.24 bits per heavy atom. The molecule has 2 aromatic rings. The van der Waals surface area contributed by atoms with E-state index < -0.39 is 36.0 Å². The van der Waals surface area contributed by atoms with Gasteiger partial charge in [-0.2, -0.15) is 0 Å². The number of hydrogen-bond donors (Lipinski definition) is 2. The molecule has 0 saturated carbocycles. The molecule has 1 fully saturated rings. The Morgan fingerprint density at radius 1 is 1.05 bits per heavy atom. The minimum Gasteiger partial charge on any atom is -0.465 e. The molecule has 1 heterocycles. The predicted octanol–water partition coefficient (Wildman–Crippen LogP) is 4.80. The van der Waals surface area contributed by atoms with Gasteiger partial charge in [0.1, 0.15) is 12.2 Å². The molecule has 0 spiro atoms. The first-order valence-corrected chi connectivity index (χ1v) is 13.3. The molecule has 8 nitrogen and oxygen atoms in total. The van der Waals surface area contributed by atoms with Crippen LogP contribution in [-0.2, 0) is 20.8 Å². The zero-order valence-electron chi connectivity index (χ0n) is 22.7. The van der Waals surface area contributed by atoms with Gasteiger partial charge in [-0.15, -0.1) is 0 Å². The van der Waals surface area contributed by atoms with Crippen molar-refractivity contribution in [3.63, 3.8) is 0 Å². The van der Waals surface area contributed by atoms with E-state index in [-0.39, 0.29) is 24.2 Å². The minimum absolute atomic E-state index is 0.129. The lowest BCUT2D eigenvalue weighted by Crippen LogP contribution is -2.58. The maximum atomic E-state index is 13.5. The van der Waals surface area contributed by atoms with Crippen molar-refractivity contribution in [2.45, 2.75) is 78.0 Å². The topological polar surface area (TPSA) is 107 Å². The van der Waals surface area contributed by atoms with Crippen molar-refractivity contribution in [3.8, 4) is 0 Å². The number of nitrogens with one attached hydrogen (secondary N) is 1. The Bertz CT molecular complexity index is 1120. The molecule has 1 saturated heterocycles. The summed E-state index contributed by atoms with van der Waals surface area (Å²) in [4.78, 5) is 55.4. The third-order valence-electron chi connectivity index (χ3n) is 7.09. The van der Waals surface area contributed by atoms with Gasteiger partial charge in [0.25, 0.3) is 5.91 Å². The quantitative estimate of drug-likeness (QED) is 0.413. The average Bonchev–Trinajstić information content (AvgIpc) is 3.21. The van der Waals surface area contributed by atoms with Gasteiger partial charge in [-0.05, 0) is 36.3 Å². The summed E-state index contributed by atoms with van der Waals surface area (Å²) in [7, 11) is 0. The normalized spacial score (nSPS) is 17.9. The molecule has 1 unspecified atom stereocenters. The van der Waals surface area contributed by atoms with Crippen LogP contribution in [-0.4, -0.2) is 57.3 Å². The lowest BCUT2D eigenvalue weighted by molar-refractivity contribution is -0.144.